The first-order chi connectivity index (χ1) is 16.9. The Morgan fingerprint density at radius 2 is 1.33 bits per heavy atom. The maximum Gasteiger partial charge on any atom is 0.326 e. The van der Waals surface area contributed by atoms with Crippen LogP contribution in [0.4, 0.5) is 0 Å². The molecule has 3 amide bonds. The van der Waals surface area contributed by atoms with Crippen molar-refractivity contribution in [1.82, 2.24) is 16.0 Å². The summed E-state index contributed by atoms with van der Waals surface area (Å²) >= 11 is 3.92. The molecule has 206 valence electrons. The second kappa shape index (κ2) is 18.2. The first-order valence-corrected chi connectivity index (χ1v) is 12.0. The van der Waals surface area contributed by atoms with E-state index in [1.165, 1.54) is 0 Å². The lowest BCUT2D eigenvalue weighted by Crippen LogP contribution is -2.57. The number of thiol groups is 1. The molecule has 0 aliphatic heterocycles. The average Bonchev–Trinajstić information content (AvgIpc) is 2.81. The second-order valence-electron chi connectivity index (χ2n) is 7.98. The summed E-state index contributed by atoms with van der Waals surface area (Å²) in [6.07, 6.45) is 0.716. The van der Waals surface area contributed by atoms with Gasteiger partial charge in [-0.25, -0.2) is 4.79 Å². The topological polar surface area (TPSA) is 278 Å². The van der Waals surface area contributed by atoms with E-state index in [1.54, 1.807) is 0 Å². The van der Waals surface area contributed by atoms with Gasteiger partial charge in [0, 0.05) is 18.7 Å². The van der Waals surface area contributed by atoms with Gasteiger partial charge in [-0.1, -0.05) is 0 Å². The molecule has 0 spiro atoms. The summed E-state index contributed by atoms with van der Waals surface area (Å²) in [5.74, 6) is -4.97. The van der Waals surface area contributed by atoms with Crippen molar-refractivity contribution in [2.75, 3.05) is 18.8 Å². The van der Waals surface area contributed by atoms with Gasteiger partial charge >= 0.3 is 11.9 Å². The first-order valence-electron chi connectivity index (χ1n) is 11.4. The SMILES string of the molecule is NCCCCC(NC(=O)C(CCCN=C(N)N)NC(=O)C(CCC(=O)O)NC(=O)C(N)CS)C(=O)O. The molecule has 0 saturated carbocycles. The molecular weight excluding hydrogens is 496 g/mol. The predicted molar refractivity (Wildman–Crippen MR) is 135 cm³/mol. The van der Waals surface area contributed by atoms with Gasteiger partial charge in [0.2, 0.25) is 17.7 Å². The summed E-state index contributed by atoms with van der Waals surface area (Å²) in [4.78, 5) is 64.4. The first kappa shape index (κ1) is 32.9. The molecule has 0 aromatic heterocycles. The number of carbonyl (C=O) groups excluding carboxylic acids is 3. The van der Waals surface area contributed by atoms with Gasteiger partial charge < -0.3 is 49.1 Å². The van der Waals surface area contributed by atoms with E-state index < -0.39 is 60.2 Å². The van der Waals surface area contributed by atoms with Crippen LogP contribution in [0.25, 0.3) is 0 Å². The summed E-state index contributed by atoms with van der Waals surface area (Å²) in [7, 11) is 0. The fourth-order valence-electron chi connectivity index (χ4n) is 2.97. The zero-order valence-electron chi connectivity index (χ0n) is 20.0. The third-order valence-corrected chi connectivity index (χ3v) is 5.35. The molecule has 0 aromatic rings. The fraction of sp³-hybridized carbons (Fsp3) is 0.700. The standard InChI is InChI=1S/C20H38N8O7S/c21-8-2-1-4-14(19(34)35)28-17(32)12(5-3-9-25-20(23)24)27-18(33)13(6-7-15(29)30)26-16(31)11(22)10-36/h11-14,36H,1-10,21-22H2,(H,26,31)(H,27,33)(H,28,32)(H,29,30)(H,34,35)(H4,23,24,25). The molecule has 0 rings (SSSR count). The number of guanidine groups is 1. The van der Waals surface area contributed by atoms with Crippen LogP contribution in [0.5, 0.6) is 0 Å². The average molecular weight is 535 g/mol. The van der Waals surface area contributed by atoms with Crippen LogP contribution in [-0.2, 0) is 24.0 Å². The highest BCUT2D eigenvalue weighted by atomic mass is 32.1. The quantitative estimate of drug-likeness (QED) is 0.0341. The Kier molecular flexibility index (Phi) is 16.6. The number of carbonyl (C=O) groups is 5. The van der Waals surface area contributed by atoms with Crippen LogP contribution >= 0.6 is 12.6 Å². The van der Waals surface area contributed by atoms with E-state index in [4.69, 9.17) is 28.0 Å². The molecule has 4 unspecified atom stereocenters. The number of nitrogens with zero attached hydrogens (tertiary/aromatic N) is 1. The van der Waals surface area contributed by atoms with Crippen molar-refractivity contribution < 1.29 is 34.2 Å². The minimum atomic E-state index is -1.31. The van der Waals surface area contributed by atoms with Gasteiger partial charge in [0.1, 0.15) is 18.1 Å². The van der Waals surface area contributed by atoms with Gasteiger partial charge in [-0.3, -0.25) is 24.2 Å². The molecule has 0 fully saturated rings. The second-order valence-corrected chi connectivity index (χ2v) is 8.34. The van der Waals surface area contributed by atoms with Gasteiger partial charge in [0.15, 0.2) is 5.96 Å². The minimum Gasteiger partial charge on any atom is -0.481 e. The smallest absolute Gasteiger partial charge is 0.326 e. The lowest BCUT2D eigenvalue weighted by molar-refractivity contribution is -0.142. The third-order valence-electron chi connectivity index (χ3n) is 4.95. The Labute approximate surface area is 214 Å². The van der Waals surface area contributed by atoms with E-state index in [0.717, 1.165) is 0 Å². The number of nitrogens with one attached hydrogen (secondary N) is 3. The molecule has 0 aliphatic carbocycles. The van der Waals surface area contributed by atoms with Crippen LogP contribution in [0.15, 0.2) is 4.99 Å². The van der Waals surface area contributed by atoms with E-state index in [2.05, 4.69) is 33.6 Å². The summed E-state index contributed by atoms with van der Waals surface area (Å²) in [6.45, 7) is 0.501. The van der Waals surface area contributed by atoms with Crippen molar-refractivity contribution >= 4 is 48.2 Å². The molecule has 36 heavy (non-hydrogen) atoms. The van der Waals surface area contributed by atoms with Gasteiger partial charge in [0.25, 0.3) is 0 Å². The van der Waals surface area contributed by atoms with Gasteiger partial charge in [-0.05, 0) is 45.1 Å². The molecule has 0 aromatic carbocycles. The van der Waals surface area contributed by atoms with Gasteiger partial charge in [-0.15, -0.1) is 0 Å². The summed E-state index contributed by atoms with van der Waals surface area (Å²) in [5.41, 5.74) is 21.6. The molecule has 0 radical (unpaired) electrons. The van der Waals surface area contributed by atoms with E-state index in [-0.39, 0.29) is 43.9 Å². The van der Waals surface area contributed by atoms with Crippen molar-refractivity contribution in [2.45, 2.75) is 69.1 Å². The highest BCUT2D eigenvalue weighted by Crippen LogP contribution is 2.06. The maximum absolute atomic E-state index is 12.9. The van der Waals surface area contributed by atoms with E-state index in [9.17, 15) is 29.1 Å². The Morgan fingerprint density at radius 1 is 0.806 bits per heavy atom. The molecule has 0 bridgehead atoms. The molecule has 0 aliphatic rings. The van der Waals surface area contributed by atoms with Crippen LogP contribution in [0.1, 0.15) is 44.9 Å². The predicted octanol–water partition coefficient (Wildman–Crippen LogP) is -3.17. The van der Waals surface area contributed by atoms with Crippen molar-refractivity contribution in [3.63, 3.8) is 0 Å². The number of nitrogens with two attached hydrogens (primary N) is 4. The van der Waals surface area contributed by atoms with E-state index in [1.807, 2.05) is 0 Å². The lowest BCUT2D eigenvalue weighted by atomic mass is 10.1. The monoisotopic (exact) mass is 534 g/mol. The number of unbranched alkanes of at least 4 members (excludes halogenated alkanes) is 1. The minimum absolute atomic E-state index is 0.0182. The number of hydrogen-bond acceptors (Lipinski definition) is 9. The Morgan fingerprint density at radius 3 is 1.83 bits per heavy atom. The number of carboxylic acids is 2. The molecule has 0 saturated heterocycles. The lowest BCUT2D eigenvalue weighted by Gasteiger charge is -2.25. The molecule has 16 heteroatoms. The molecule has 0 heterocycles. The largest absolute Gasteiger partial charge is 0.481 e. The number of rotatable bonds is 19. The van der Waals surface area contributed by atoms with Gasteiger partial charge in [-0.2, -0.15) is 12.6 Å². The number of carboxylic acid groups (broad SMARTS) is 2. The van der Waals surface area contributed by atoms with Gasteiger partial charge in [0.05, 0.1) is 6.04 Å². The number of hydrogen-bond donors (Lipinski definition) is 10. The highest BCUT2D eigenvalue weighted by Gasteiger charge is 2.30. The van der Waals surface area contributed by atoms with Crippen molar-refractivity contribution in [3.05, 3.63) is 0 Å². The number of aliphatic carboxylic acids is 2. The number of aliphatic imine (C=N–C) groups is 1. The van der Waals surface area contributed by atoms with Crippen molar-refractivity contribution in [2.24, 2.45) is 27.9 Å². The zero-order chi connectivity index (χ0) is 27.7. The Bertz CT molecular complexity index is 779. The van der Waals surface area contributed by atoms with Crippen molar-refractivity contribution in [3.8, 4) is 0 Å². The molecule has 13 N–H and O–H groups in total. The third kappa shape index (κ3) is 14.3. The summed E-state index contributed by atoms with van der Waals surface area (Å²) in [5, 5.41) is 25.7. The van der Waals surface area contributed by atoms with Crippen LogP contribution in [0, 0.1) is 0 Å². The maximum atomic E-state index is 12.9. The zero-order valence-corrected chi connectivity index (χ0v) is 20.9. The van der Waals surface area contributed by atoms with Crippen LogP contribution in [-0.4, -0.2) is 88.8 Å². The van der Waals surface area contributed by atoms with E-state index >= 15 is 0 Å². The Balaban J connectivity index is 5.61. The molecular formula is C20H38N8O7S. The normalized spacial score (nSPS) is 14.0. The van der Waals surface area contributed by atoms with Crippen LogP contribution in [0.3, 0.4) is 0 Å². The Hall–Kier alpha value is -3.11. The highest BCUT2D eigenvalue weighted by molar-refractivity contribution is 7.80. The molecule has 4 atom stereocenters. The fourth-order valence-corrected chi connectivity index (χ4v) is 3.13. The summed E-state index contributed by atoms with van der Waals surface area (Å²) in [6, 6.07) is -4.78. The van der Waals surface area contributed by atoms with Crippen LogP contribution in [0.2, 0.25) is 0 Å². The summed E-state index contributed by atoms with van der Waals surface area (Å²) < 4.78 is 0. The van der Waals surface area contributed by atoms with Crippen molar-refractivity contribution in [1.29, 1.82) is 0 Å². The number of amides is 3. The van der Waals surface area contributed by atoms with Crippen LogP contribution < -0.4 is 38.9 Å². The van der Waals surface area contributed by atoms with E-state index in [0.29, 0.717) is 19.4 Å². The molecule has 15 nitrogen and oxygen atoms in total.